The van der Waals surface area contributed by atoms with Crippen LogP contribution in [0.25, 0.3) is 0 Å². The Morgan fingerprint density at radius 3 is 2.00 bits per heavy atom. The zero-order chi connectivity index (χ0) is 7.44. The molecule has 0 bridgehead atoms. The quantitative estimate of drug-likeness (QED) is 0.360. The van der Waals surface area contributed by atoms with Gasteiger partial charge < -0.3 is 5.73 Å². The molecule has 0 aromatic rings. The minimum Gasteiger partial charge on any atom is -0.404 e. The Morgan fingerprint density at radius 1 is 1.56 bits per heavy atom. The summed E-state index contributed by atoms with van der Waals surface area (Å²) in [7, 11) is 0. The lowest BCUT2D eigenvalue weighted by Crippen LogP contribution is -1.97. The van der Waals surface area contributed by atoms with Crippen molar-refractivity contribution in [2.75, 3.05) is 0 Å². The molecule has 0 atom stereocenters. The largest absolute Gasteiger partial charge is 0.404 e. The maximum atomic E-state index is 5.26. The predicted molar refractivity (Wildman–Crippen MR) is 45.4 cm³/mol. The molecule has 0 fully saturated rings. The summed E-state index contributed by atoms with van der Waals surface area (Å²) in [5.74, 6) is 0. The SMILES string of the molecule is C=C(C)C(=CN)C(C)=S. The summed E-state index contributed by atoms with van der Waals surface area (Å²) in [5.41, 5.74) is 7.07. The van der Waals surface area contributed by atoms with Gasteiger partial charge in [0.05, 0.1) is 0 Å². The molecule has 0 saturated carbocycles. The minimum absolute atomic E-state index is 0.796. The van der Waals surface area contributed by atoms with Crippen LogP contribution in [0.3, 0.4) is 0 Å². The third-order valence-electron chi connectivity index (χ3n) is 1.01. The Bertz CT molecular complexity index is 152. The lowest BCUT2D eigenvalue weighted by molar-refractivity contribution is 1.44. The van der Waals surface area contributed by atoms with Gasteiger partial charge in [-0.05, 0) is 19.4 Å². The second kappa shape index (κ2) is 3.41. The summed E-state index contributed by atoms with van der Waals surface area (Å²) in [6.07, 6.45) is 1.49. The first kappa shape index (κ1) is 8.37. The van der Waals surface area contributed by atoms with Crippen LogP contribution >= 0.6 is 12.2 Å². The van der Waals surface area contributed by atoms with Crippen molar-refractivity contribution in [2.45, 2.75) is 13.8 Å². The van der Waals surface area contributed by atoms with E-state index in [-0.39, 0.29) is 0 Å². The third-order valence-corrected chi connectivity index (χ3v) is 1.23. The summed E-state index contributed by atoms with van der Waals surface area (Å²) in [5, 5.41) is 0. The van der Waals surface area contributed by atoms with E-state index in [0.29, 0.717) is 0 Å². The summed E-state index contributed by atoms with van der Waals surface area (Å²) >= 11 is 4.88. The molecule has 0 saturated heterocycles. The number of nitrogens with two attached hydrogens (primary N) is 1. The van der Waals surface area contributed by atoms with Crippen LogP contribution in [0.4, 0.5) is 0 Å². The van der Waals surface area contributed by atoms with Crippen LogP contribution in [0, 0.1) is 0 Å². The normalized spacial score (nSPS) is 11.1. The van der Waals surface area contributed by atoms with Crippen LogP contribution in [-0.2, 0) is 0 Å². The van der Waals surface area contributed by atoms with Gasteiger partial charge in [-0.15, -0.1) is 0 Å². The zero-order valence-electron chi connectivity index (χ0n) is 5.77. The highest BCUT2D eigenvalue weighted by molar-refractivity contribution is 7.80. The van der Waals surface area contributed by atoms with Crippen LogP contribution < -0.4 is 5.73 Å². The van der Waals surface area contributed by atoms with E-state index in [9.17, 15) is 0 Å². The molecule has 0 spiro atoms. The highest BCUT2D eigenvalue weighted by Gasteiger charge is 1.96. The van der Waals surface area contributed by atoms with Crippen molar-refractivity contribution >= 4 is 17.1 Å². The van der Waals surface area contributed by atoms with E-state index in [4.69, 9.17) is 18.0 Å². The molecule has 2 N–H and O–H groups in total. The molecule has 0 aromatic heterocycles. The standard InChI is InChI=1S/C7H11NS/c1-5(2)7(4-8)6(3)9/h4H,1,8H2,2-3H3. The van der Waals surface area contributed by atoms with E-state index >= 15 is 0 Å². The Hall–Kier alpha value is -0.630. The van der Waals surface area contributed by atoms with Gasteiger partial charge in [0.25, 0.3) is 0 Å². The predicted octanol–water partition coefficient (Wildman–Crippen LogP) is 1.79. The number of hydrogen-bond acceptors (Lipinski definition) is 2. The summed E-state index contributed by atoms with van der Waals surface area (Å²) in [4.78, 5) is 0.796. The fourth-order valence-corrected chi connectivity index (χ4v) is 0.802. The molecule has 0 rings (SSSR count). The van der Waals surface area contributed by atoms with Crippen molar-refractivity contribution in [1.82, 2.24) is 0 Å². The van der Waals surface area contributed by atoms with Gasteiger partial charge in [-0.1, -0.05) is 18.8 Å². The van der Waals surface area contributed by atoms with Crippen LogP contribution in [0.1, 0.15) is 13.8 Å². The first-order chi connectivity index (χ1) is 4.09. The molecule has 0 aromatic carbocycles. The van der Waals surface area contributed by atoms with Crippen LogP contribution in [0.5, 0.6) is 0 Å². The van der Waals surface area contributed by atoms with Gasteiger partial charge in [0, 0.05) is 16.6 Å². The summed E-state index contributed by atoms with van der Waals surface area (Å²) in [6.45, 7) is 7.43. The molecule has 0 unspecified atom stereocenters. The van der Waals surface area contributed by atoms with E-state index in [1.807, 2.05) is 13.8 Å². The van der Waals surface area contributed by atoms with Crippen molar-refractivity contribution in [3.8, 4) is 0 Å². The average molecular weight is 141 g/mol. The van der Waals surface area contributed by atoms with Gasteiger partial charge >= 0.3 is 0 Å². The number of rotatable bonds is 2. The highest BCUT2D eigenvalue weighted by Crippen LogP contribution is 2.06. The van der Waals surface area contributed by atoms with Crippen molar-refractivity contribution in [3.63, 3.8) is 0 Å². The molecular weight excluding hydrogens is 130 g/mol. The molecule has 0 aliphatic heterocycles. The van der Waals surface area contributed by atoms with E-state index in [1.165, 1.54) is 6.20 Å². The van der Waals surface area contributed by atoms with Gasteiger partial charge in [-0.25, -0.2) is 0 Å². The van der Waals surface area contributed by atoms with E-state index < -0.39 is 0 Å². The Balaban J connectivity index is 4.38. The first-order valence-corrected chi connectivity index (χ1v) is 3.09. The molecular formula is C7H11NS. The maximum absolute atomic E-state index is 5.26. The fraction of sp³-hybridized carbons (Fsp3) is 0.286. The molecule has 2 heteroatoms. The van der Waals surface area contributed by atoms with E-state index in [1.54, 1.807) is 0 Å². The highest BCUT2D eigenvalue weighted by atomic mass is 32.1. The molecule has 1 nitrogen and oxygen atoms in total. The molecule has 0 amide bonds. The summed E-state index contributed by atoms with van der Waals surface area (Å²) < 4.78 is 0. The zero-order valence-corrected chi connectivity index (χ0v) is 6.59. The molecule has 0 aliphatic rings. The number of thiocarbonyl (C=S) groups is 1. The lowest BCUT2D eigenvalue weighted by Gasteiger charge is -2.00. The Kier molecular flexibility index (Phi) is 3.17. The maximum Gasteiger partial charge on any atom is 0.0210 e. The van der Waals surface area contributed by atoms with Gasteiger partial charge in [-0.2, -0.15) is 0 Å². The topological polar surface area (TPSA) is 26.0 Å². The van der Waals surface area contributed by atoms with Crippen LogP contribution in [-0.4, -0.2) is 4.86 Å². The van der Waals surface area contributed by atoms with Crippen molar-refractivity contribution in [3.05, 3.63) is 23.9 Å². The smallest absolute Gasteiger partial charge is 0.0210 e. The van der Waals surface area contributed by atoms with Crippen LogP contribution in [0.15, 0.2) is 23.9 Å². The molecule has 0 radical (unpaired) electrons. The molecule has 0 aliphatic carbocycles. The van der Waals surface area contributed by atoms with E-state index in [2.05, 4.69) is 6.58 Å². The number of allylic oxidation sites excluding steroid dienone is 2. The van der Waals surface area contributed by atoms with Gasteiger partial charge in [0.2, 0.25) is 0 Å². The molecule has 9 heavy (non-hydrogen) atoms. The van der Waals surface area contributed by atoms with E-state index in [0.717, 1.165) is 16.0 Å². The van der Waals surface area contributed by atoms with Crippen molar-refractivity contribution in [1.29, 1.82) is 0 Å². The Labute approximate surface area is 61.2 Å². The van der Waals surface area contributed by atoms with Gasteiger partial charge in [0.15, 0.2) is 0 Å². The van der Waals surface area contributed by atoms with Crippen LogP contribution in [0.2, 0.25) is 0 Å². The second-order valence-corrected chi connectivity index (χ2v) is 2.53. The van der Waals surface area contributed by atoms with Crippen molar-refractivity contribution in [2.24, 2.45) is 5.73 Å². The molecule has 50 valence electrons. The summed E-state index contributed by atoms with van der Waals surface area (Å²) in [6, 6.07) is 0. The van der Waals surface area contributed by atoms with Gasteiger partial charge in [-0.3, -0.25) is 0 Å². The lowest BCUT2D eigenvalue weighted by atomic mass is 10.1. The Morgan fingerprint density at radius 2 is 2.00 bits per heavy atom. The molecule has 0 heterocycles. The monoisotopic (exact) mass is 141 g/mol. The number of hydrogen-bond donors (Lipinski definition) is 1. The third kappa shape index (κ3) is 2.42. The fourth-order valence-electron chi connectivity index (χ4n) is 0.560. The minimum atomic E-state index is 0.796. The van der Waals surface area contributed by atoms with Crippen molar-refractivity contribution < 1.29 is 0 Å². The van der Waals surface area contributed by atoms with Gasteiger partial charge in [0.1, 0.15) is 0 Å². The first-order valence-electron chi connectivity index (χ1n) is 2.68. The average Bonchev–Trinajstić information content (AvgIpc) is 1.64. The second-order valence-electron chi connectivity index (χ2n) is 1.92.